The van der Waals surface area contributed by atoms with Crippen LogP contribution in [0.1, 0.15) is 5.56 Å². The third kappa shape index (κ3) is 3.20. The van der Waals surface area contributed by atoms with E-state index in [4.69, 9.17) is 5.11 Å². The monoisotopic (exact) mass is 272 g/mol. The minimum atomic E-state index is -1.02. The molecule has 0 radical (unpaired) electrons. The van der Waals surface area contributed by atoms with E-state index < -0.39 is 5.97 Å². The maximum Gasteiger partial charge on any atom is 0.328 e. The summed E-state index contributed by atoms with van der Waals surface area (Å²) in [7, 11) is 1.79. The van der Waals surface area contributed by atoms with Crippen molar-refractivity contribution in [1.82, 2.24) is 4.98 Å². The molecule has 0 aliphatic carbocycles. The topological polar surface area (TPSA) is 53.4 Å². The molecule has 0 saturated carbocycles. The number of rotatable bonds is 4. The molecule has 0 saturated heterocycles. The molecule has 20 heavy (non-hydrogen) atoms. The summed E-state index contributed by atoms with van der Waals surface area (Å²) in [5, 5.41) is 8.69. The molecule has 1 N–H and O–H groups in total. The summed E-state index contributed by atoms with van der Waals surface area (Å²) in [6, 6.07) is 9.48. The molecule has 1 aromatic heterocycles. The Morgan fingerprint density at radius 3 is 2.65 bits per heavy atom. The molecular formula is C15H13FN2O2. The number of aromatic nitrogens is 1. The number of carbonyl (C=O) groups is 1. The summed E-state index contributed by atoms with van der Waals surface area (Å²) < 4.78 is 12.9. The second-order valence-electron chi connectivity index (χ2n) is 4.12. The van der Waals surface area contributed by atoms with Gasteiger partial charge in [0.1, 0.15) is 11.6 Å². The number of carboxylic acids is 1. The second-order valence-corrected chi connectivity index (χ2v) is 4.12. The molecule has 0 amide bonds. The molecular weight excluding hydrogens is 259 g/mol. The van der Waals surface area contributed by atoms with Gasteiger partial charge in [-0.15, -0.1) is 0 Å². The van der Waals surface area contributed by atoms with Gasteiger partial charge < -0.3 is 10.0 Å². The van der Waals surface area contributed by atoms with Crippen LogP contribution in [-0.4, -0.2) is 23.1 Å². The molecule has 0 unspecified atom stereocenters. The predicted octanol–water partition coefficient (Wildman–Crippen LogP) is 3.09. The average Bonchev–Trinajstić information content (AvgIpc) is 2.45. The summed E-state index contributed by atoms with van der Waals surface area (Å²) >= 11 is 0. The Labute approximate surface area is 115 Å². The lowest BCUT2D eigenvalue weighted by molar-refractivity contribution is -0.131. The fourth-order valence-corrected chi connectivity index (χ4v) is 1.77. The normalized spacial score (nSPS) is 10.7. The summed E-state index contributed by atoms with van der Waals surface area (Å²) in [6.07, 6.45) is 4.15. The minimum absolute atomic E-state index is 0.311. The lowest BCUT2D eigenvalue weighted by atomic mass is 10.2. The molecule has 2 rings (SSSR count). The number of benzene rings is 1. The van der Waals surface area contributed by atoms with E-state index in [0.717, 1.165) is 11.8 Å². The number of halogens is 1. The van der Waals surface area contributed by atoms with Crippen LogP contribution in [0, 0.1) is 5.82 Å². The van der Waals surface area contributed by atoms with Crippen molar-refractivity contribution in [2.24, 2.45) is 0 Å². The number of hydrogen-bond donors (Lipinski definition) is 1. The Morgan fingerprint density at radius 1 is 1.30 bits per heavy atom. The molecule has 0 spiro atoms. The van der Waals surface area contributed by atoms with E-state index in [-0.39, 0.29) is 5.82 Å². The Balaban J connectivity index is 2.36. The number of hydrogen-bond acceptors (Lipinski definition) is 3. The van der Waals surface area contributed by atoms with E-state index in [2.05, 4.69) is 4.98 Å². The zero-order valence-corrected chi connectivity index (χ0v) is 10.8. The molecule has 0 aliphatic rings. The highest BCUT2D eigenvalue weighted by molar-refractivity contribution is 5.87. The first kappa shape index (κ1) is 13.7. The van der Waals surface area contributed by atoms with Gasteiger partial charge in [0.25, 0.3) is 0 Å². The average molecular weight is 272 g/mol. The zero-order chi connectivity index (χ0) is 14.5. The van der Waals surface area contributed by atoms with Gasteiger partial charge in [0.15, 0.2) is 0 Å². The van der Waals surface area contributed by atoms with E-state index in [0.29, 0.717) is 11.4 Å². The molecule has 0 aliphatic heterocycles. The Morgan fingerprint density at radius 2 is 2.00 bits per heavy atom. The van der Waals surface area contributed by atoms with Crippen molar-refractivity contribution in [3.63, 3.8) is 0 Å². The molecule has 1 heterocycles. The summed E-state index contributed by atoms with van der Waals surface area (Å²) in [6.45, 7) is 0. The second kappa shape index (κ2) is 5.97. The van der Waals surface area contributed by atoms with Crippen molar-refractivity contribution in [2.75, 3.05) is 11.9 Å². The van der Waals surface area contributed by atoms with Gasteiger partial charge in [-0.25, -0.2) is 14.2 Å². The lowest BCUT2D eigenvalue weighted by Crippen LogP contribution is -2.12. The fourth-order valence-electron chi connectivity index (χ4n) is 1.77. The van der Waals surface area contributed by atoms with E-state index in [1.165, 1.54) is 18.2 Å². The van der Waals surface area contributed by atoms with Gasteiger partial charge in [-0.05, 0) is 42.5 Å². The molecule has 5 heteroatoms. The van der Waals surface area contributed by atoms with Gasteiger partial charge in [-0.3, -0.25) is 0 Å². The number of aliphatic carboxylic acids is 1. The van der Waals surface area contributed by atoms with E-state index in [1.807, 2.05) is 0 Å². The Hall–Kier alpha value is -2.69. The maximum absolute atomic E-state index is 12.9. The molecule has 0 bridgehead atoms. The van der Waals surface area contributed by atoms with E-state index in [9.17, 15) is 9.18 Å². The van der Waals surface area contributed by atoms with Crippen molar-refractivity contribution >= 4 is 23.6 Å². The Kier molecular flexibility index (Phi) is 4.10. The van der Waals surface area contributed by atoms with Crippen LogP contribution in [0.25, 0.3) is 6.08 Å². The van der Waals surface area contributed by atoms with Crippen LogP contribution in [0.3, 0.4) is 0 Å². The first-order chi connectivity index (χ1) is 9.58. The lowest BCUT2D eigenvalue weighted by Gasteiger charge is -2.20. The number of nitrogens with zero attached hydrogens (tertiary/aromatic N) is 2. The third-order valence-electron chi connectivity index (χ3n) is 2.75. The fraction of sp³-hybridized carbons (Fsp3) is 0.0667. The molecule has 2 aromatic rings. The number of anilines is 2. The first-order valence-electron chi connectivity index (χ1n) is 5.93. The standard InChI is InChI=1S/C15H13FN2O2/c1-18(13-7-5-12(16)6-8-13)15-11(3-2-10-17-15)4-9-14(19)20/h2-10H,1H3,(H,19,20)/b9-4+. The highest BCUT2D eigenvalue weighted by atomic mass is 19.1. The van der Waals surface area contributed by atoms with Crippen LogP contribution < -0.4 is 4.90 Å². The number of carboxylic acid groups (broad SMARTS) is 1. The van der Waals surface area contributed by atoms with Crippen LogP contribution in [0.5, 0.6) is 0 Å². The quantitative estimate of drug-likeness (QED) is 0.869. The predicted molar refractivity (Wildman–Crippen MR) is 75.4 cm³/mol. The van der Waals surface area contributed by atoms with Gasteiger partial charge in [0.05, 0.1) is 0 Å². The summed E-state index contributed by atoms with van der Waals surface area (Å²) in [4.78, 5) is 16.6. The van der Waals surface area contributed by atoms with Crippen LogP contribution >= 0.6 is 0 Å². The zero-order valence-electron chi connectivity index (χ0n) is 10.8. The van der Waals surface area contributed by atoms with Crippen LogP contribution in [-0.2, 0) is 4.79 Å². The third-order valence-corrected chi connectivity index (χ3v) is 2.75. The maximum atomic E-state index is 12.9. The highest BCUT2D eigenvalue weighted by Gasteiger charge is 2.09. The first-order valence-corrected chi connectivity index (χ1v) is 5.93. The highest BCUT2D eigenvalue weighted by Crippen LogP contribution is 2.25. The van der Waals surface area contributed by atoms with Gasteiger partial charge >= 0.3 is 5.97 Å². The molecule has 0 fully saturated rings. The van der Waals surface area contributed by atoms with Gasteiger partial charge in [0, 0.05) is 30.6 Å². The van der Waals surface area contributed by atoms with Crippen LogP contribution in [0.4, 0.5) is 15.9 Å². The SMILES string of the molecule is CN(c1ccc(F)cc1)c1ncccc1/C=C/C(=O)O. The van der Waals surface area contributed by atoms with Gasteiger partial charge in [-0.2, -0.15) is 0 Å². The minimum Gasteiger partial charge on any atom is -0.478 e. The smallest absolute Gasteiger partial charge is 0.328 e. The van der Waals surface area contributed by atoms with Crippen molar-refractivity contribution in [2.45, 2.75) is 0 Å². The van der Waals surface area contributed by atoms with Crippen molar-refractivity contribution in [1.29, 1.82) is 0 Å². The molecule has 102 valence electrons. The molecule has 1 aromatic carbocycles. The van der Waals surface area contributed by atoms with Gasteiger partial charge in [-0.1, -0.05) is 0 Å². The number of pyridine rings is 1. The van der Waals surface area contributed by atoms with E-state index in [1.54, 1.807) is 42.4 Å². The Bertz CT molecular complexity index is 639. The largest absolute Gasteiger partial charge is 0.478 e. The van der Waals surface area contributed by atoms with Crippen LogP contribution in [0.15, 0.2) is 48.7 Å². The summed E-state index contributed by atoms with van der Waals surface area (Å²) in [5.41, 5.74) is 1.43. The summed E-state index contributed by atoms with van der Waals surface area (Å²) in [5.74, 6) is -0.741. The van der Waals surface area contributed by atoms with Gasteiger partial charge in [0.2, 0.25) is 0 Å². The van der Waals surface area contributed by atoms with Crippen LogP contribution in [0.2, 0.25) is 0 Å². The van der Waals surface area contributed by atoms with Crippen molar-refractivity contribution < 1.29 is 14.3 Å². The van der Waals surface area contributed by atoms with Crippen molar-refractivity contribution in [3.8, 4) is 0 Å². The van der Waals surface area contributed by atoms with Crippen molar-refractivity contribution in [3.05, 3.63) is 60.1 Å². The van der Waals surface area contributed by atoms with E-state index >= 15 is 0 Å². The molecule has 4 nitrogen and oxygen atoms in total. The molecule has 0 atom stereocenters.